The number of fused-ring (bicyclic) bond motifs is 1. The Bertz CT molecular complexity index is 774. The molecule has 0 saturated carbocycles. The number of aliphatic carboxylic acids is 1. The Kier molecular flexibility index (Phi) is 7.21. The third kappa shape index (κ3) is 5.84. The van der Waals surface area contributed by atoms with Gasteiger partial charge in [-0.05, 0) is 25.1 Å². The van der Waals surface area contributed by atoms with Crippen LogP contribution in [-0.2, 0) is 22.6 Å². The first kappa shape index (κ1) is 21.5. The molecule has 3 rings (SSSR count). The normalized spacial score (nSPS) is 16.6. The summed E-state index contributed by atoms with van der Waals surface area (Å²) in [4.78, 5) is 26.3. The van der Waals surface area contributed by atoms with E-state index in [0.29, 0.717) is 32.0 Å². The molecule has 0 spiro atoms. The van der Waals surface area contributed by atoms with Gasteiger partial charge in [0.05, 0.1) is 18.8 Å². The van der Waals surface area contributed by atoms with E-state index in [1.165, 1.54) is 0 Å². The summed E-state index contributed by atoms with van der Waals surface area (Å²) in [5.41, 5.74) is 1.69. The van der Waals surface area contributed by atoms with Crippen molar-refractivity contribution in [3.63, 3.8) is 0 Å². The van der Waals surface area contributed by atoms with E-state index >= 15 is 0 Å². The first-order chi connectivity index (χ1) is 13.2. The van der Waals surface area contributed by atoms with Gasteiger partial charge in [0.15, 0.2) is 0 Å². The Balaban J connectivity index is 0.000000345. The average Bonchev–Trinajstić information content (AvgIpc) is 3.28. The molecule has 2 aromatic rings. The number of H-pyrrole nitrogens is 1. The summed E-state index contributed by atoms with van der Waals surface area (Å²) >= 11 is 0. The number of halogens is 3. The number of aromatic amines is 1. The zero-order chi connectivity index (χ0) is 20.7. The molecular weight excluding hydrogens is 381 g/mol. The zero-order valence-corrected chi connectivity index (χ0v) is 15.1. The largest absolute Gasteiger partial charge is 0.490 e. The van der Waals surface area contributed by atoms with Crippen LogP contribution in [-0.4, -0.2) is 62.6 Å². The lowest BCUT2D eigenvalue weighted by atomic mass is 10.1. The summed E-state index contributed by atoms with van der Waals surface area (Å²) in [6.07, 6.45) is -1.53. The van der Waals surface area contributed by atoms with Crippen LogP contribution in [0.5, 0.6) is 0 Å². The monoisotopic (exact) mass is 402 g/mol. The number of carbonyl (C=O) groups is 2. The quantitative estimate of drug-likeness (QED) is 0.816. The number of hydrogen-bond donors (Lipinski definition) is 2. The number of ether oxygens (including phenoxy) is 1. The van der Waals surface area contributed by atoms with Gasteiger partial charge < -0.3 is 19.7 Å². The van der Waals surface area contributed by atoms with Crippen molar-refractivity contribution in [3.8, 4) is 0 Å². The van der Waals surface area contributed by atoms with Crippen LogP contribution in [0.2, 0.25) is 0 Å². The van der Waals surface area contributed by atoms with Crippen molar-refractivity contribution in [2.24, 2.45) is 5.92 Å². The molecular formula is C17H21F3N4O4. The molecule has 0 fully saturated rings. The number of alkyl halides is 3. The second-order valence-corrected chi connectivity index (χ2v) is 6.10. The molecule has 1 aliphatic heterocycles. The number of amides is 1. The Morgan fingerprint density at radius 3 is 2.64 bits per heavy atom. The Hall–Kier alpha value is -2.82. The van der Waals surface area contributed by atoms with Crippen molar-refractivity contribution >= 4 is 11.9 Å². The van der Waals surface area contributed by atoms with Gasteiger partial charge >= 0.3 is 12.1 Å². The van der Waals surface area contributed by atoms with Gasteiger partial charge in [-0.3, -0.25) is 9.48 Å². The third-order valence-electron chi connectivity index (χ3n) is 3.98. The lowest BCUT2D eigenvalue weighted by molar-refractivity contribution is -0.192. The number of aromatic nitrogens is 3. The van der Waals surface area contributed by atoms with E-state index in [1.54, 1.807) is 12.4 Å². The zero-order valence-electron chi connectivity index (χ0n) is 15.1. The van der Waals surface area contributed by atoms with E-state index in [0.717, 1.165) is 12.2 Å². The molecule has 0 bridgehead atoms. The molecule has 2 N–H and O–H groups in total. The number of nitrogens with one attached hydrogen (secondary N) is 1. The predicted octanol–water partition coefficient (Wildman–Crippen LogP) is 2.15. The molecule has 1 aliphatic rings. The number of carboxylic acids is 1. The van der Waals surface area contributed by atoms with Crippen LogP contribution in [0.3, 0.4) is 0 Å². The maximum absolute atomic E-state index is 12.6. The van der Waals surface area contributed by atoms with E-state index in [2.05, 4.69) is 10.1 Å². The highest BCUT2D eigenvalue weighted by Gasteiger charge is 2.38. The van der Waals surface area contributed by atoms with Crippen molar-refractivity contribution in [2.45, 2.75) is 26.2 Å². The van der Waals surface area contributed by atoms with E-state index in [-0.39, 0.29) is 11.8 Å². The standard InChI is InChI=1S/C15H20N4O2.C2HF3O2/c1-2-21-11-12-8-18(15(20)14-4-3-6-16-14)10-13-5-7-17-19(13)9-12;3-2(4,5)1(6)7/h3-7,12,16H,2,8-11H2,1H3;(H,6,7). The minimum Gasteiger partial charge on any atom is -0.475 e. The van der Waals surface area contributed by atoms with Crippen LogP contribution in [0.25, 0.3) is 0 Å². The lowest BCUT2D eigenvalue weighted by Crippen LogP contribution is -2.35. The van der Waals surface area contributed by atoms with E-state index < -0.39 is 12.1 Å². The van der Waals surface area contributed by atoms with Gasteiger partial charge in [-0.1, -0.05) is 0 Å². The van der Waals surface area contributed by atoms with Crippen LogP contribution in [0.15, 0.2) is 30.6 Å². The Morgan fingerprint density at radius 2 is 2.07 bits per heavy atom. The second kappa shape index (κ2) is 9.40. The molecule has 0 aromatic carbocycles. The van der Waals surface area contributed by atoms with Gasteiger partial charge in [0.2, 0.25) is 0 Å². The molecule has 2 aromatic heterocycles. The van der Waals surface area contributed by atoms with Gasteiger partial charge in [0, 0.05) is 38.0 Å². The molecule has 0 radical (unpaired) electrons. The smallest absolute Gasteiger partial charge is 0.475 e. The fourth-order valence-corrected chi connectivity index (χ4v) is 2.71. The van der Waals surface area contributed by atoms with Crippen molar-refractivity contribution in [1.29, 1.82) is 0 Å². The van der Waals surface area contributed by atoms with Crippen molar-refractivity contribution in [1.82, 2.24) is 19.7 Å². The van der Waals surface area contributed by atoms with Crippen LogP contribution in [0.1, 0.15) is 23.1 Å². The molecule has 3 heterocycles. The highest BCUT2D eigenvalue weighted by Crippen LogP contribution is 2.18. The maximum atomic E-state index is 12.6. The first-order valence-corrected chi connectivity index (χ1v) is 8.53. The third-order valence-corrected chi connectivity index (χ3v) is 3.98. The highest BCUT2D eigenvalue weighted by molar-refractivity contribution is 5.92. The van der Waals surface area contributed by atoms with E-state index in [1.807, 2.05) is 34.7 Å². The highest BCUT2D eigenvalue weighted by atomic mass is 19.4. The number of rotatable bonds is 4. The molecule has 8 nitrogen and oxygen atoms in total. The van der Waals surface area contributed by atoms with Gasteiger partial charge in [0.1, 0.15) is 5.69 Å². The summed E-state index contributed by atoms with van der Waals surface area (Å²) in [7, 11) is 0. The number of hydrogen-bond acceptors (Lipinski definition) is 4. The number of carbonyl (C=O) groups excluding carboxylic acids is 1. The van der Waals surface area contributed by atoms with Gasteiger partial charge in [-0.25, -0.2) is 4.79 Å². The van der Waals surface area contributed by atoms with Crippen molar-refractivity contribution < 1.29 is 32.6 Å². The predicted molar refractivity (Wildman–Crippen MR) is 91.4 cm³/mol. The van der Waals surface area contributed by atoms with Crippen molar-refractivity contribution in [2.75, 3.05) is 19.8 Å². The second-order valence-electron chi connectivity index (χ2n) is 6.10. The van der Waals surface area contributed by atoms with Gasteiger partial charge in [-0.2, -0.15) is 18.3 Å². The van der Waals surface area contributed by atoms with Crippen LogP contribution in [0.4, 0.5) is 13.2 Å². The Labute approximate surface area is 158 Å². The molecule has 0 aliphatic carbocycles. The molecule has 1 amide bonds. The van der Waals surface area contributed by atoms with Crippen molar-refractivity contribution in [3.05, 3.63) is 42.0 Å². The van der Waals surface area contributed by atoms with Gasteiger partial charge in [0.25, 0.3) is 5.91 Å². The number of nitrogens with zero attached hydrogens (tertiary/aromatic N) is 3. The fraction of sp³-hybridized carbons (Fsp3) is 0.471. The average molecular weight is 402 g/mol. The molecule has 11 heteroatoms. The SMILES string of the molecule is CCOCC1CN(C(=O)c2ccc[nH]2)Cc2ccnn2C1.O=C(O)C(F)(F)F. The van der Waals surface area contributed by atoms with E-state index in [4.69, 9.17) is 14.6 Å². The number of carboxylic acid groups (broad SMARTS) is 1. The first-order valence-electron chi connectivity index (χ1n) is 8.53. The molecule has 28 heavy (non-hydrogen) atoms. The topological polar surface area (TPSA) is 100 Å². The summed E-state index contributed by atoms with van der Waals surface area (Å²) in [5, 5.41) is 11.5. The molecule has 154 valence electrons. The van der Waals surface area contributed by atoms with Crippen LogP contribution in [0, 0.1) is 5.92 Å². The molecule has 0 saturated heterocycles. The summed E-state index contributed by atoms with van der Waals surface area (Å²) in [6.45, 7) is 5.37. The van der Waals surface area contributed by atoms with E-state index in [9.17, 15) is 18.0 Å². The minimum absolute atomic E-state index is 0.0242. The Morgan fingerprint density at radius 1 is 1.36 bits per heavy atom. The molecule has 1 unspecified atom stereocenters. The van der Waals surface area contributed by atoms with Crippen LogP contribution >= 0.6 is 0 Å². The maximum Gasteiger partial charge on any atom is 0.490 e. The minimum atomic E-state index is -5.08. The molecule has 1 atom stereocenters. The fourth-order valence-electron chi connectivity index (χ4n) is 2.71. The lowest BCUT2D eigenvalue weighted by Gasteiger charge is -2.23. The summed E-state index contributed by atoms with van der Waals surface area (Å²) in [6, 6.07) is 5.62. The van der Waals surface area contributed by atoms with Crippen LogP contribution < -0.4 is 0 Å². The summed E-state index contributed by atoms with van der Waals surface area (Å²) in [5.74, 6) is -2.48. The van der Waals surface area contributed by atoms with Gasteiger partial charge in [-0.15, -0.1) is 0 Å². The summed E-state index contributed by atoms with van der Waals surface area (Å²) < 4.78 is 39.3.